The fourth-order valence-electron chi connectivity index (χ4n) is 1.91. The summed E-state index contributed by atoms with van der Waals surface area (Å²) >= 11 is 0. The van der Waals surface area contributed by atoms with E-state index in [0.717, 1.165) is 24.2 Å². The van der Waals surface area contributed by atoms with E-state index in [0.29, 0.717) is 0 Å². The van der Waals surface area contributed by atoms with E-state index >= 15 is 0 Å². The Morgan fingerprint density at radius 3 is 3.13 bits per heavy atom. The van der Waals surface area contributed by atoms with Crippen LogP contribution in [0, 0.1) is 0 Å². The predicted octanol–water partition coefficient (Wildman–Crippen LogP) is 2.62. The highest BCUT2D eigenvalue weighted by molar-refractivity contribution is 5.40. The van der Waals surface area contributed by atoms with Crippen LogP contribution in [0.3, 0.4) is 0 Å². The summed E-state index contributed by atoms with van der Waals surface area (Å²) in [5.74, 6) is 0.857. The molecular weight excluding hydrogens is 188 g/mol. The number of hydrogen-bond acceptors (Lipinski definition) is 2. The van der Waals surface area contributed by atoms with Crippen LogP contribution in [0.2, 0.25) is 0 Å². The van der Waals surface area contributed by atoms with E-state index in [1.165, 1.54) is 5.56 Å². The molecule has 80 valence electrons. The van der Waals surface area contributed by atoms with Gasteiger partial charge in [0.2, 0.25) is 0 Å². The fourth-order valence-corrected chi connectivity index (χ4v) is 1.91. The van der Waals surface area contributed by atoms with Gasteiger partial charge in [0.15, 0.2) is 0 Å². The summed E-state index contributed by atoms with van der Waals surface area (Å²) in [4.78, 5) is 0. The van der Waals surface area contributed by atoms with Gasteiger partial charge in [-0.1, -0.05) is 18.7 Å². The van der Waals surface area contributed by atoms with Crippen LogP contribution in [0.1, 0.15) is 30.6 Å². The molecule has 0 fully saturated rings. The molecule has 1 unspecified atom stereocenters. The van der Waals surface area contributed by atoms with E-state index < -0.39 is 0 Å². The van der Waals surface area contributed by atoms with Crippen molar-refractivity contribution in [2.75, 3.05) is 0 Å². The molecule has 1 aromatic carbocycles. The molecule has 0 radical (unpaired) electrons. The van der Waals surface area contributed by atoms with Crippen LogP contribution in [0.4, 0.5) is 0 Å². The van der Waals surface area contributed by atoms with Gasteiger partial charge in [-0.2, -0.15) is 0 Å². The van der Waals surface area contributed by atoms with Gasteiger partial charge in [0.25, 0.3) is 0 Å². The molecule has 2 nitrogen and oxygen atoms in total. The monoisotopic (exact) mass is 204 g/mol. The van der Waals surface area contributed by atoms with E-state index in [9.17, 15) is 5.11 Å². The van der Waals surface area contributed by atoms with E-state index in [-0.39, 0.29) is 12.2 Å². The zero-order valence-electron chi connectivity index (χ0n) is 8.94. The zero-order valence-corrected chi connectivity index (χ0v) is 8.94. The number of aliphatic hydroxyl groups excluding tert-OH is 1. The first kappa shape index (κ1) is 10.2. The summed E-state index contributed by atoms with van der Waals surface area (Å²) in [7, 11) is 0. The van der Waals surface area contributed by atoms with E-state index in [1.54, 1.807) is 6.08 Å². The molecule has 1 aliphatic carbocycles. The van der Waals surface area contributed by atoms with Crippen molar-refractivity contribution in [2.45, 2.75) is 32.0 Å². The lowest BCUT2D eigenvalue weighted by Gasteiger charge is -2.12. The lowest BCUT2D eigenvalue weighted by atomic mass is 10.1. The molecule has 0 aromatic heterocycles. The summed E-state index contributed by atoms with van der Waals surface area (Å²) in [6, 6.07) is 5.89. The zero-order chi connectivity index (χ0) is 10.8. The largest absolute Gasteiger partial charge is 0.487 e. The molecule has 0 saturated carbocycles. The van der Waals surface area contributed by atoms with Crippen LogP contribution in [0.5, 0.6) is 5.75 Å². The number of ether oxygens (including phenoxy) is 1. The van der Waals surface area contributed by atoms with E-state index in [2.05, 4.69) is 6.58 Å². The maximum absolute atomic E-state index is 9.64. The van der Waals surface area contributed by atoms with Crippen molar-refractivity contribution in [1.29, 1.82) is 0 Å². The van der Waals surface area contributed by atoms with Crippen molar-refractivity contribution in [3.63, 3.8) is 0 Å². The Bertz CT molecular complexity index is 371. The quantitative estimate of drug-likeness (QED) is 0.767. The Kier molecular flexibility index (Phi) is 2.78. The first-order valence-electron chi connectivity index (χ1n) is 5.31. The third-order valence-electron chi connectivity index (χ3n) is 2.81. The van der Waals surface area contributed by atoms with Gasteiger partial charge in [-0.15, -0.1) is 0 Å². The maximum Gasteiger partial charge on any atom is 0.120 e. The van der Waals surface area contributed by atoms with Crippen LogP contribution in [-0.2, 0) is 6.42 Å². The Morgan fingerprint density at radius 2 is 2.40 bits per heavy atom. The lowest BCUT2D eigenvalue weighted by molar-refractivity contribution is 0.180. The Balaban J connectivity index is 2.19. The minimum Gasteiger partial charge on any atom is -0.487 e. The molecule has 0 spiro atoms. The molecule has 2 atom stereocenters. The predicted molar refractivity (Wildman–Crippen MR) is 60.0 cm³/mol. The molecule has 0 saturated heterocycles. The Hall–Kier alpha value is -1.28. The normalized spacial score (nSPS) is 20.8. The number of hydrogen-bond donors (Lipinski definition) is 1. The number of aryl methyl sites for hydroxylation is 1. The van der Waals surface area contributed by atoms with Gasteiger partial charge in [0.1, 0.15) is 11.9 Å². The second-order valence-electron chi connectivity index (χ2n) is 3.97. The van der Waals surface area contributed by atoms with Crippen LogP contribution >= 0.6 is 0 Å². The van der Waals surface area contributed by atoms with Gasteiger partial charge in [-0.05, 0) is 43.0 Å². The summed E-state index contributed by atoms with van der Waals surface area (Å²) in [6.07, 6.45) is 3.27. The summed E-state index contributed by atoms with van der Waals surface area (Å²) in [5.41, 5.74) is 2.25. The summed E-state index contributed by atoms with van der Waals surface area (Å²) in [5, 5.41) is 9.64. The number of fused-ring (bicyclic) bond motifs is 1. The van der Waals surface area contributed by atoms with Crippen molar-refractivity contribution in [3.8, 4) is 5.75 Å². The Morgan fingerprint density at radius 1 is 1.60 bits per heavy atom. The van der Waals surface area contributed by atoms with Crippen molar-refractivity contribution < 1.29 is 9.84 Å². The number of aliphatic hydroxyl groups is 1. The second kappa shape index (κ2) is 4.07. The third kappa shape index (κ3) is 2.05. The topological polar surface area (TPSA) is 29.5 Å². The highest BCUT2D eigenvalue weighted by Crippen LogP contribution is 2.33. The number of benzene rings is 1. The minimum atomic E-state index is -0.286. The average Bonchev–Trinajstić information content (AvgIpc) is 2.60. The highest BCUT2D eigenvalue weighted by Gasteiger charge is 2.20. The van der Waals surface area contributed by atoms with Crippen LogP contribution in [0.25, 0.3) is 0 Å². The van der Waals surface area contributed by atoms with Crippen molar-refractivity contribution >= 4 is 0 Å². The molecule has 1 aliphatic rings. The molecule has 1 aromatic rings. The lowest BCUT2D eigenvalue weighted by Crippen LogP contribution is -2.07. The molecule has 0 aliphatic heterocycles. The second-order valence-corrected chi connectivity index (χ2v) is 3.97. The standard InChI is InChI=1S/C13H16O2/c1-3-9(2)15-11-5-6-12-10(8-11)4-7-13(12)14/h3,5-6,8-9,13-14H,1,4,7H2,2H3/t9?,13-/m1/s1. The van der Waals surface area contributed by atoms with E-state index in [1.807, 2.05) is 25.1 Å². The molecule has 0 heterocycles. The average molecular weight is 204 g/mol. The van der Waals surface area contributed by atoms with E-state index in [4.69, 9.17) is 4.74 Å². The van der Waals surface area contributed by atoms with Crippen molar-refractivity contribution in [2.24, 2.45) is 0 Å². The highest BCUT2D eigenvalue weighted by atomic mass is 16.5. The SMILES string of the molecule is C=CC(C)Oc1ccc2c(c1)CC[C@H]2O. The van der Waals surface area contributed by atoms with Crippen molar-refractivity contribution in [1.82, 2.24) is 0 Å². The first-order valence-corrected chi connectivity index (χ1v) is 5.31. The van der Waals surface area contributed by atoms with Gasteiger partial charge in [0.05, 0.1) is 6.10 Å². The minimum absolute atomic E-state index is 0.0226. The number of rotatable bonds is 3. The van der Waals surface area contributed by atoms with Crippen molar-refractivity contribution in [3.05, 3.63) is 42.0 Å². The molecule has 0 bridgehead atoms. The third-order valence-corrected chi connectivity index (χ3v) is 2.81. The Labute approximate surface area is 90.2 Å². The smallest absolute Gasteiger partial charge is 0.120 e. The molecule has 2 heteroatoms. The molecule has 2 rings (SSSR count). The summed E-state index contributed by atoms with van der Waals surface area (Å²) < 4.78 is 5.62. The van der Waals surface area contributed by atoms with Crippen LogP contribution in [-0.4, -0.2) is 11.2 Å². The van der Waals surface area contributed by atoms with Gasteiger partial charge in [-0.3, -0.25) is 0 Å². The first-order chi connectivity index (χ1) is 7.20. The van der Waals surface area contributed by atoms with Gasteiger partial charge >= 0.3 is 0 Å². The molecule has 0 amide bonds. The molecule has 15 heavy (non-hydrogen) atoms. The van der Waals surface area contributed by atoms with Crippen LogP contribution in [0.15, 0.2) is 30.9 Å². The van der Waals surface area contributed by atoms with Gasteiger partial charge in [-0.25, -0.2) is 0 Å². The maximum atomic E-state index is 9.64. The van der Waals surface area contributed by atoms with Crippen LogP contribution < -0.4 is 4.74 Å². The summed E-state index contributed by atoms with van der Waals surface area (Å²) in [6.45, 7) is 5.63. The fraction of sp³-hybridized carbons (Fsp3) is 0.385. The molecule has 1 N–H and O–H groups in total. The van der Waals surface area contributed by atoms with Gasteiger partial charge < -0.3 is 9.84 Å². The molecular formula is C13H16O2. The van der Waals surface area contributed by atoms with Gasteiger partial charge in [0, 0.05) is 0 Å².